The van der Waals surface area contributed by atoms with Crippen molar-refractivity contribution in [3.63, 3.8) is 0 Å². The average molecular weight is 372 g/mol. The summed E-state index contributed by atoms with van der Waals surface area (Å²) < 4.78 is 54.2. The number of ether oxygens (including phenoxy) is 1. The number of aliphatic imine (C=N–C) groups is 1. The van der Waals surface area contributed by atoms with Gasteiger partial charge in [-0.2, -0.15) is 8.78 Å². The maximum absolute atomic E-state index is 12.8. The molecule has 1 N–H and O–H groups in total. The van der Waals surface area contributed by atoms with Crippen molar-refractivity contribution in [1.29, 1.82) is 0 Å². The number of nitro groups is 1. The van der Waals surface area contributed by atoms with Crippen LogP contribution >= 0.6 is 0 Å². The maximum atomic E-state index is 12.8. The number of aromatic hydroxyl groups is 1. The van der Waals surface area contributed by atoms with Gasteiger partial charge in [0.1, 0.15) is 5.75 Å². The lowest BCUT2D eigenvalue weighted by Gasteiger charge is -2.15. The van der Waals surface area contributed by atoms with Gasteiger partial charge in [-0.1, -0.05) is 6.07 Å². The van der Waals surface area contributed by atoms with E-state index in [9.17, 15) is 32.8 Å². The molecule has 6 nitrogen and oxygen atoms in total. The van der Waals surface area contributed by atoms with Crippen LogP contribution in [0.4, 0.5) is 28.9 Å². The predicted molar refractivity (Wildman–Crippen MR) is 84.9 cm³/mol. The van der Waals surface area contributed by atoms with E-state index in [1.807, 2.05) is 0 Å². The van der Waals surface area contributed by atoms with E-state index < -0.39 is 35.3 Å². The first-order valence-electron chi connectivity index (χ1n) is 7.10. The molecule has 0 fully saturated rings. The molecule has 0 atom stereocenters. The summed E-state index contributed by atoms with van der Waals surface area (Å²) in [6.45, 7) is -1.46. The number of nitro benzene ring substituents is 1. The summed E-state index contributed by atoms with van der Waals surface area (Å²) in [6.07, 6.45) is -2.64. The van der Waals surface area contributed by atoms with Crippen molar-refractivity contribution in [3.8, 4) is 11.5 Å². The van der Waals surface area contributed by atoms with Crippen LogP contribution in [0.15, 0.2) is 47.5 Å². The van der Waals surface area contributed by atoms with Crippen molar-refractivity contribution in [2.45, 2.75) is 12.3 Å². The van der Waals surface area contributed by atoms with Gasteiger partial charge in [-0.25, -0.2) is 8.78 Å². The largest absolute Gasteiger partial charge is 0.502 e. The fourth-order valence-electron chi connectivity index (χ4n) is 1.82. The van der Waals surface area contributed by atoms with Crippen LogP contribution in [-0.4, -0.2) is 35.2 Å². The normalized spacial score (nSPS) is 11.9. The standard InChI is InChI=1S/C16H12F4N2O4/c17-15(18)16(19,20)9-26-12-6-4-11(5-7-12)21-8-10-2-1-3-13(14(10)23)22(24)25/h1-8,15,23H,9H2. The number of rotatable bonds is 7. The van der Waals surface area contributed by atoms with Gasteiger partial charge >= 0.3 is 18.0 Å². The Bertz CT molecular complexity index is 810. The smallest absolute Gasteiger partial charge is 0.340 e. The molecule has 10 heteroatoms. The third kappa shape index (κ3) is 4.68. The van der Waals surface area contributed by atoms with Crippen molar-refractivity contribution in [3.05, 3.63) is 58.1 Å². The highest BCUT2D eigenvalue weighted by Gasteiger charge is 2.41. The first kappa shape index (κ1) is 19.2. The quantitative estimate of drug-likeness (QED) is 0.339. The summed E-state index contributed by atoms with van der Waals surface area (Å²) in [5.41, 5.74) is -0.0439. The minimum atomic E-state index is -4.25. The molecule has 2 rings (SSSR count). The van der Waals surface area contributed by atoms with E-state index in [-0.39, 0.29) is 11.3 Å². The van der Waals surface area contributed by atoms with Gasteiger partial charge < -0.3 is 9.84 Å². The number of nitrogens with zero attached hydrogens (tertiary/aromatic N) is 2. The topological polar surface area (TPSA) is 85.0 Å². The monoisotopic (exact) mass is 372 g/mol. The number of alkyl halides is 4. The fraction of sp³-hybridized carbons (Fsp3) is 0.188. The molecule has 2 aromatic carbocycles. The SMILES string of the molecule is O=[N+]([O-])c1cccc(C=Nc2ccc(OCC(F)(F)C(F)F)cc2)c1O. The number of benzene rings is 2. The first-order valence-corrected chi connectivity index (χ1v) is 7.10. The highest BCUT2D eigenvalue weighted by molar-refractivity contribution is 5.87. The van der Waals surface area contributed by atoms with Crippen molar-refractivity contribution in [2.24, 2.45) is 4.99 Å². The highest BCUT2D eigenvalue weighted by atomic mass is 19.3. The Morgan fingerprint density at radius 3 is 2.46 bits per heavy atom. The van der Waals surface area contributed by atoms with Crippen molar-refractivity contribution in [1.82, 2.24) is 0 Å². The van der Waals surface area contributed by atoms with Gasteiger partial charge in [0, 0.05) is 17.8 Å². The van der Waals surface area contributed by atoms with E-state index in [4.69, 9.17) is 0 Å². The van der Waals surface area contributed by atoms with Crippen LogP contribution in [0, 0.1) is 10.1 Å². The molecule has 0 bridgehead atoms. The number of hydrogen-bond acceptors (Lipinski definition) is 5. The van der Waals surface area contributed by atoms with Gasteiger partial charge in [-0.05, 0) is 30.3 Å². The second-order valence-corrected chi connectivity index (χ2v) is 5.07. The lowest BCUT2D eigenvalue weighted by atomic mass is 10.2. The molecule has 0 unspecified atom stereocenters. The average Bonchev–Trinajstić information content (AvgIpc) is 2.59. The second kappa shape index (κ2) is 7.81. The molecular weight excluding hydrogens is 360 g/mol. The molecule has 0 aliphatic rings. The van der Waals surface area contributed by atoms with Crippen molar-refractivity contribution in [2.75, 3.05) is 6.61 Å². The molecule has 0 aromatic heterocycles. The molecule has 0 radical (unpaired) electrons. The molecule has 26 heavy (non-hydrogen) atoms. The fourth-order valence-corrected chi connectivity index (χ4v) is 1.82. The van der Waals surface area contributed by atoms with E-state index in [0.29, 0.717) is 5.69 Å². The second-order valence-electron chi connectivity index (χ2n) is 5.07. The third-order valence-electron chi connectivity index (χ3n) is 3.18. The van der Waals surface area contributed by atoms with Crippen LogP contribution in [0.3, 0.4) is 0 Å². The van der Waals surface area contributed by atoms with Gasteiger partial charge in [0.15, 0.2) is 6.61 Å². The zero-order valence-corrected chi connectivity index (χ0v) is 13.0. The van der Waals surface area contributed by atoms with Gasteiger partial charge in [0.05, 0.1) is 10.6 Å². The third-order valence-corrected chi connectivity index (χ3v) is 3.18. The summed E-state index contributed by atoms with van der Waals surface area (Å²) in [7, 11) is 0. The molecule has 0 aliphatic heterocycles. The Kier molecular flexibility index (Phi) is 5.75. The number of hydrogen-bond donors (Lipinski definition) is 1. The molecular formula is C16H12F4N2O4. The maximum Gasteiger partial charge on any atom is 0.340 e. The number of phenols is 1. The van der Waals surface area contributed by atoms with E-state index >= 15 is 0 Å². The summed E-state index contributed by atoms with van der Waals surface area (Å²) in [4.78, 5) is 14.0. The Hall–Kier alpha value is -3.17. The highest BCUT2D eigenvalue weighted by Crippen LogP contribution is 2.29. The number of para-hydroxylation sites is 1. The summed E-state index contributed by atoms with van der Waals surface area (Å²) in [5, 5.41) is 20.5. The molecule has 0 aliphatic carbocycles. The van der Waals surface area contributed by atoms with Crippen molar-refractivity contribution >= 4 is 17.6 Å². The van der Waals surface area contributed by atoms with Gasteiger partial charge in [-0.3, -0.25) is 15.1 Å². The van der Waals surface area contributed by atoms with Crippen LogP contribution < -0.4 is 4.74 Å². The molecule has 138 valence electrons. The zero-order chi connectivity index (χ0) is 19.3. The Morgan fingerprint density at radius 1 is 1.23 bits per heavy atom. The van der Waals surface area contributed by atoms with Crippen LogP contribution in [-0.2, 0) is 0 Å². The molecule has 0 saturated carbocycles. The van der Waals surface area contributed by atoms with Crippen LogP contribution in [0.25, 0.3) is 0 Å². The van der Waals surface area contributed by atoms with E-state index in [2.05, 4.69) is 9.73 Å². The van der Waals surface area contributed by atoms with Gasteiger partial charge in [0.25, 0.3) is 0 Å². The molecule has 0 saturated heterocycles. The number of phenolic OH excluding ortho intramolecular Hbond substituents is 1. The van der Waals surface area contributed by atoms with Crippen LogP contribution in [0.1, 0.15) is 5.56 Å². The molecule has 2 aromatic rings. The lowest BCUT2D eigenvalue weighted by Crippen LogP contribution is -2.33. The Morgan fingerprint density at radius 2 is 1.88 bits per heavy atom. The minimum absolute atomic E-state index is 0.0533. The van der Waals surface area contributed by atoms with Crippen LogP contribution in [0.2, 0.25) is 0 Å². The van der Waals surface area contributed by atoms with Crippen molar-refractivity contribution < 1.29 is 32.3 Å². The van der Waals surface area contributed by atoms with Gasteiger partial charge in [0.2, 0.25) is 5.75 Å². The van der Waals surface area contributed by atoms with Gasteiger partial charge in [-0.15, -0.1) is 0 Å². The van der Waals surface area contributed by atoms with E-state index in [1.165, 1.54) is 42.6 Å². The van der Waals surface area contributed by atoms with E-state index in [1.54, 1.807) is 0 Å². The summed E-state index contributed by atoms with van der Waals surface area (Å²) in [5.74, 6) is -4.85. The summed E-state index contributed by atoms with van der Waals surface area (Å²) >= 11 is 0. The molecule has 0 heterocycles. The number of halogens is 4. The summed E-state index contributed by atoms with van der Waals surface area (Å²) in [6, 6.07) is 9.15. The van der Waals surface area contributed by atoms with E-state index in [0.717, 1.165) is 6.07 Å². The lowest BCUT2D eigenvalue weighted by molar-refractivity contribution is -0.385. The predicted octanol–water partition coefficient (Wildman–Crippen LogP) is 4.33. The van der Waals surface area contributed by atoms with Crippen LogP contribution in [0.5, 0.6) is 11.5 Å². The Labute approximate surface area is 144 Å². The zero-order valence-electron chi connectivity index (χ0n) is 13.0. The first-order chi connectivity index (χ1) is 12.2. The Balaban J connectivity index is 2.07. The molecule has 0 spiro atoms. The molecule has 0 amide bonds. The minimum Gasteiger partial charge on any atom is -0.502 e.